The molecule has 1 amide bonds. The van der Waals surface area contributed by atoms with Gasteiger partial charge in [-0.15, -0.1) is 0 Å². The predicted octanol–water partition coefficient (Wildman–Crippen LogP) is -0.887. The molecule has 0 rings (SSSR count). The van der Waals surface area contributed by atoms with Gasteiger partial charge in [-0.05, 0) is 6.92 Å². The van der Waals surface area contributed by atoms with E-state index in [0.29, 0.717) is 0 Å². The zero-order valence-corrected chi connectivity index (χ0v) is 4.43. The lowest BCUT2D eigenvalue weighted by Crippen LogP contribution is -2.28. The van der Waals surface area contributed by atoms with Gasteiger partial charge in [0.15, 0.2) is 0 Å². The number of carbonyl (C=O) groups excluding carboxylic acids is 1. The monoisotopic (exact) mass is 103 g/mol. The van der Waals surface area contributed by atoms with Gasteiger partial charge < -0.3 is 10.4 Å². The van der Waals surface area contributed by atoms with E-state index in [0.717, 1.165) is 0 Å². The zero-order chi connectivity index (χ0) is 5.86. The first kappa shape index (κ1) is 6.43. The third-order valence-corrected chi connectivity index (χ3v) is 0.626. The Labute approximate surface area is 42.3 Å². The van der Waals surface area contributed by atoms with Gasteiger partial charge in [-0.3, -0.25) is 4.79 Å². The maximum absolute atomic E-state index is 10.2. The van der Waals surface area contributed by atoms with E-state index in [1.54, 1.807) is 0 Å². The Kier molecular flexibility index (Phi) is 2.37. The van der Waals surface area contributed by atoms with Crippen LogP contribution in [0.25, 0.3) is 0 Å². The first-order valence-electron chi connectivity index (χ1n) is 2.08. The Hall–Kier alpha value is -0.570. The van der Waals surface area contributed by atoms with Crippen LogP contribution in [-0.2, 0) is 4.79 Å². The molecule has 3 heteroatoms. The second-order valence-electron chi connectivity index (χ2n) is 1.29. The molecule has 0 radical (unpaired) electrons. The molecule has 0 aliphatic rings. The molecule has 0 fully saturated rings. The number of hydrogen-bond donors (Lipinski definition) is 2. The summed E-state index contributed by atoms with van der Waals surface area (Å²) in [7, 11) is 1.48. The van der Waals surface area contributed by atoms with Gasteiger partial charge in [0, 0.05) is 7.05 Å². The quantitative estimate of drug-likeness (QED) is 0.452. The van der Waals surface area contributed by atoms with Crippen LogP contribution in [0.3, 0.4) is 0 Å². The third-order valence-electron chi connectivity index (χ3n) is 0.626. The minimum Gasteiger partial charge on any atom is -0.384 e. The molecule has 0 aliphatic heterocycles. The van der Waals surface area contributed by atoms with E-state index in [2.05, 4.69) is 5.32 Å². The number of aliphatic hydroxyl groups excluding tert-OH is 1. The van der Waals surface area contributed by atoms with E-state index in [4.69, 9.17) is 5.11 Å². The Morgan fingerprint density at radius 1 is 1.86 bits per heavy atom. The van der Waals surface area contributed by atoms with E-state index in [-0.39, 0.29) is 5.91 Å². The van der Waals surface area contributed by atoms with Gasteiger partial charge >= 0.3 is 0 Å². The standard InChI is InChI=1S/C4H9NO2/c1-3(6)4(7)5-2/h3,6H,1-2H3,(H,5,7)/t3-/m0/s1. The SMILES string of the molecule is CNC(=O)[C@H](C)O. The molecule has 0 saturated heterocycles. The van der Waals surface area contributed by atoms with E-state index in [9.17, 15) is 4.79 Å². The van der Waals surface area contributed by atoms with Gasteiger partial charge in [-0.1, -0.05) is 0 Å². The molecule has 2 N–H and O–H groups in total. The molecule has 3 nitrogen and oxygen atoms in total. The van der Waals surface area contributed by atoms with E-state index in [1.807, 2.05) is 0 Å². The molecule has 7 heavy (non-hydrogen) atoms. The minimum atomic E-state index is -0.884. The zero-order valence-electron chi connectivity index (χ0n) is 4.43. The fourth-order valence-electron chi connectivity index (χ4n) is 0.209. The Morgan fingerprint density at radius 2 is 2.29 bits per heavy atom. The van der Waals surface area contributed by atoms with Crippen molar-refractivity contribution in [3.8, 4) is 0 Å². The van der Waals surface area contributed by atoms with Crippen molar-refractivity contribution in [3.05, 3.63) is 0 Å². The van der Waals surface area contributed by atoms with E-state index < -0.39 is 6.10 Å². The molecular weight excluding hydrogens is 94.0 g/mol. The van der Waals surface area contributed by atoms with Crippen LogP contribution in [-0.4, -0.2) is 24.2 Å². The van der Waals surface area contributed by atoms with Crippen LogP contribution in [0.5, 0.6) is 0 Å². The lowest BCUT2D eigenvalue weighted by Gasteiger charge is -1.98. The molecule has 1 atom stereocenters. The molecule has 0 bridgehead atoms. The summed E-state index contributed by atoms with van der Waals surface area (Å²) in [4.78, 5) is 10.2. The van der Waals surface area contributed by atoms with Crippen molar-refractivity contribution >= 4 is 5.91 Å². The Morgan fingerprint density at radius 3 is 2.29 bits per heavy atom. The van der Waals surface area contributed by atoms with Crippen molar-refractivity contribution in [2.24, 2.45) is 0 Å². The minimum absolute atomic E-state index is 0.347. The van der Waals surface area contributed by atoms with Crippen molar-refractivity contribution < 1.29 is 9.90 Å². The first-order chi connectivity index (χ1) is 3.18. The molecule has 0 aromatic rings. The van der Waals surface area contributed by atoms with Crippen LogP contribution in [0.15, 0.2) is 0 Å². The van der Waals surface area contributed by atoms with Gasteiger partial charge in [0.25, 0.3) is 0 Å². The van der Waals surface area contributed by atoms with Crippen LogP contribution in [0.2, 0.25) is 0 Å². The Bertz CT molecular complexity index is 70.1. The van der Waals surface area contributed by atoms with Crippen LogP contribution in [0.4, 0.5) is 0 Å². The summed E-state index contributed by atoms with van der Waals surface area (Å²) in [6.07, 6.45) is -0.884. The van der Waals surface area contributed by atoms with Crippen LogP contribution in [0, 0.1) is 0 Å². The van der Waals surface area contributed by atoms with Crippen molar-refractivity contribution in [1.82, 2.24) is 5.32 Å². The van der Waals surface area contributed by atoms with Crippen molar-refractivity contribution in [2.45, 2.75) is 13.0 Å². The molecule has 0 unspecified atom stereocenters. The Balaban J connectivity index is 3.35. The molecule has 0 saturated carbocycles. The second-order valence-corrected chi connectivity index (χ2v) is 1.29. The smallest absolute Gasteiger partial charge is 0.248 e. The molecule has 0 heterocycles. The number of likely N-dealkylation sites (N-methyl/N-ethyl adjacent to an activating group) is 1. The van der Waals surface area contributed by atoms with Crippen molar-refractivity contribution in [2.75, 3.05) is 7.05 Å². The number of aliphatic hydroxyl groups is 1. The summed E-state index contributed by atoms with van der Waals surface area (Å²) >= 11 is 0. The number of rotatable bonds is 1. The molecule has 0 spiro atoms. The fourth-order valence-corrected chi connectivity index (χ4v) is 0.209. The predicted molar refractivity (Wildman–Crippen MR) is 25.7 cm³/mol. The molecule has 42 valence electrons. The van der Waals surface area contributed by atoms with E-state index >= 15 is 0 Å². The maximum atomic E-state index is 10.2. The van der Waals surface area contributed by atoms with Crippen LogP contribution >= 0.6 is 0 Å². The van der Waals surface area contributed by atoms with Gasteiger partial charge in [0.2, 0.25) is 5.91 Å². The maximum Gasteiger partial charge on any atom is 0.248 e. The second kappa shape index (κ2) is 2.58. The van der Waals surface area contributed by atoms with Gasteiger partial charge in [0.1, 0.15) is 6.10 Å². The average molecular weight is 103 g/mol. The number of nitrogens with one attached hydrogen (secondary N) is 1. The number of hydrogen-bond acceptors (Lipinski definition) is 2. The van der Waals surface area contributed by atoms with Gasteiger partial charge in [-0.25, -0.2) is 0 Å². The average Bonchev–Trinajstić information content (AvgIpc) is 1.65. The first-order valence-corrected chi connectivity index (χ1v) is 2.08. The number of amides is 1. The molecular formula is C4H9NO2. The van der Waals surface area contributed by atoms with Crippen LogP contribution in [0.1, 0.15) is 6.92 Å². The summed E-state index contributed by atoms with van der Waals surface area (Å²) in [6, 6.07) is 0. The largest absolute Gasteiger partial charge is 0.384 e. The summed E-state index contributed by atoms with van der Waals surface area (Å²) < 4.78 is 0. The lowest BCUT2D eigenvalue weighted by molar-refractivity contribution is -0.127. The third kappa shape index (κ3) is 2.17. The van der Waals surface area contributed by atoms with E-state index in [1.165, 1.54) is 14.0 Å². The fraction of sp³-hybridized carbons (Fsp3) is 0.750. The summed E-state index contributed by atoms with van der Waals surface area (Å²) in [5.41, 5.74) is 0. The number of carbonyl (C=O) groups is 1. The van der Waals surface area contributed by atoms with Gasteiger partial charge in [-0.2, -0.15) is 0 Å². The summed E-state index contributed by atoms with van der Waals surface area (Å²) in [6.45, 7) is 1.42. The molecule has 0 aromatic heterocycles. The summed E-state index contributed by atoms with van der Waals surface area (Å²) in [5.74, 6) is -0.347. The normalized spacial score (nSPS) is 13.0. The van der Waals surface area contributed by atoms with Crippen molar-refractivity contribution in [1.29, 1.82) is 0 Å². The summed E-state index contributed by atoms with van der Waals surface area (Å²) in [5, 5.41) is 10.7. The van der Waals surface area contributed by atoms with Gasteiger partial charge in [0.05, 0.1) is 0 Å². The van der Waals surface area contributed by atoms with Crippen LogP contribution < -0.4 is 5.32 Å². The highest BCUT2D eigenvalue weighted by atomic mass is 16.3. The highest BCUT2D eigenvalue weighted by Crippen LogP contribution is 1.74. The topological polar surface area (TPSA) is 49.3 Å². The van der Waals surface area contributed by atoms with Crippen molar-refractivity contribution in [3.63, 3.8) is 0 Å². The highest BCUT2D eigenvalue weighted by Gasteiger charge is 2.02. The highest BCUT2D eigenvalue weighted by molar-refractivity contribution is 5.79. The molecule has 0 aromatic carbocycles. The molecule has 0 aliphatic carbocycles. The lowest BCUT2D eigenvalue weighted by atomic mass is 10.4.